The molecule has 0 bridgehead atoms. The molecule has 5 nitrogen and oxygen atoms in total. The van der Waals surface area contributed by atoms with Gasteiger partial charge in [-0.1, -0.05) is 11.6 Å². The van der Waals surface area contributed by atoms with Crippen LogP contribution in [0.25, 0.3) is 0 Å². The van der Waals surface area contributed by atoms with Crippen LogP contribution < -0.4 is 0 Å². The van der Waals surface area contributed by atoms with Crippen molar-refractivity contribution in [1.29, 1.82) is 0 Å². The van der Waals surface area contributed by atoms with Crippen molar-refractivity contribution in [1.82, 2.24) is 4.90 Å². The highest BCUT2D eigenvalue weighted by Gasteiger charge is 2.30. The van der Waals surface area contributed by atoms with E-state index in [0.717, 1.165) is 12.1 Å². The molecule has 20 heavy (non-hydrogen) atoms. The Balaban J connectivity index is 2.22. The van der Waals surface area contributed by atoms with Crippen LogP contribution in [0.3, 0.4) is 0 Å². The summed E-state index contributed by atoms with van der Waals surface area (Å²) in [6, 6.07) is 2.95. The second-order valence-electron chi connectivity index (χ2n) is 4.45. The number of hydrogen-bond donors (Lipinski definition) is 1. The molecule has 0 aliphatic carbocycles. The fraction of sp³-hybridized carbons (Fsp3) is 0.385. The number of carboxylic acid groups (broad SMARTS) is 1. The number of aliphatic carboxylic acids is 1. The third-order valence-electron chi connectivity index (χ3n) is 3.06. The van der Waals surface area contributed by atoms with Crippen molar-refractivity contribution in [3.8, 4) is 0 Å². The summed E-state index contributed by atoms with van der Waals surface area (Å²) in [7, 11) is 0. The van der Waals surface area contributed by atoms with Crippen LogP contribution in [0.5, 0.6) is 0 Å². The predicted octanol–water partition coefficient (Wildman–Crippen LogP) is 1.79. The second kappa shape index (κ2) is 6.19. The van der Waals surface area contributed by atoms with Crippen molar-refractivity contribution in [3.63, 3.8) is 0 Å². The molecule has 1 fully saturated rings. The summed E-state index contributed by atoms with van der Waals surface area (Å²) < 4.78 is 18.2. The standard InChI is InChI=1S/C13H13ClFNO4/c14-11-5-8(15)1-2-10(11)13(19)16-3-4-20-7-9(16)6-12(17)18/h1-2,5,9H,3-4,6-7H2,(H,17,18). The summed E-state index contributed by atoms with van der Waals surface area (Å²) in [6.45, 7) is 0.780. The molecule has 1 N–H and O–H groups in total. The number of ether oxygens (including phenoxy) is 1. The Labute approximate surface area is 119 Å². The molecular weight excluding hydrogens is 289 g/mol. The van der Waals surface area contributed by atoms with Crippen molar-refractivity contribution in [2.24, 2.45) is 0 Å². The quantitative estimate of drug-likeness (QED) is 0.924. The van der Waals surface area contributed by atoms with Gasteiger partial charge in [0.2, 0.25) is 0 Å². The van der Waals surface area contributed by atoms with Gasteiger partial charge in [0.1, 0.15) is 5.82 Å². The lowest BCUT2D eigenvalue weighted by Crippen LogP contribution is -2.49. The molecule has 1 aromatic rings. The number of carbonyl (C=O) groups excluding carboxylic acids is 1. The fourth-order valence-electron chi connectivity index (χ4n) is 2.11. The van der Waals surface area contributed by atoms with Crippen LogP contribution in [-0.4, -0.2) is 47.7 Å². The van der Waals surface area contributed by atoms with Gasteiger partial charge in [0.15, 0.2) is 0 Å². The molecule has 1 atom stereocenters. The number of nitrogens with zero attached hydrogens (tertiary/aromatic N) is 1. The van der Waals surface area contributed by atoms with Crippen LogP contribution in [0.1, 0.15) is 16.8 Å². The first kappa shape index (κ1) is 14.7. The average Bonchev–Trinajstić information content (AvgIpc) is 2.38. The highest BCUT2D eigenvalue weighted by molar-refractivity contribution is 6.33. The topological polar surface area (TPSA) is 66.8 Å². The van der Waals surface area contributed by atoms with Crippen LogP contribution in [0.2, 0.25) is 5.02 Å². The van der Waals surface area contributed by atoms with Crippen molar-refractivity contribution in [3.05, 3.63) is 34.6 Å². The van der Waals surface area contributed by atoms with E-state index in [0.29, 0.717) is 6.61 Å². The number of carbonyl (C=O) groups is 2. The molecule has 1 aliphatic rings. The normalized spacial score (nSPS) is 18.9. The molecule has 7 heteroatoms. The zero-order valence-electron chi connectivity index (χ0n) is 10.5. The van der Waals surface area contributed by atoms with Gasteiger partial charge in [0.05, 0.1) is 36.3 Å². The molecule has 1 unspecified atom stereocenters. The lowest BCUT2D eigenvalue weighted by molar-refractivity contribution is -0.139. The van der Waals surface area contributed by atoms with Crippen molar-refractivity contribution in [2.75, 3.05) is 19.8 Å². The minimum Gasteiger partial charge on any atom is -0.481 e. The molecule has 108 valence electrons. The summed E-state index contributed by atoms with van der Waals surface area (Å²) in [6.07, 6.45) is -0.204. The minimum atomic E-state index is -1.01. The third-order valence-corrected chi connectivity index (χ3v) is 3.37. The molecule has 1 saturated heterocycles. The monoisotopic (exact) mass is 301 g/mol. The van der Waals surface area contributed by atoms with Gasteiger partial charge in [-0.2, -0.15) is 0 Å². The van der Waals surface area contributed by atoms with Crippen molar-refractivity contribution < 1.29 is 23.8 Å². The molecule has 0 spiro atoms. The summed E-state index contributed by atoms with van der Waals surface area (Å²) in [5, 5.41) is 8.87. The van der Waals surface area contributed by atoms with Crippen LogP contribution in [0.15, 0.2) is 18.2 Å². The molecular formula is C13H13ClFNO4. The highest BCUT2D eigenvalue weighted by atomic mass is 35.5. The number of benzene rings is 1. The van der Waals surface area contributed by atoms with E-state index < -0.39 is 23.7 Å². The summed E-state index contributed by atoms with van der Waals surface area (Å²) in [4.78, 5) is 24.6. The molecule has 1 heterocycles. The van der Waals surface area contributed by atoms with Gasteiger partial charge in [0, 0.05) is 6.54 Å². The maximum atomic E-state index is 13.0. The third kappa shape index (κ3) is 3.26. The molecule has 0 radical (unpaired) electrons. The van der Waals surface area contributed by atoms with Crippen molar-refractivity contribution >= 4 is 23.5 Å². The Morgan fingerprint density at radius 2 is 2.25 bits per heavy atom. The number of morpholine rings is 1. The number of hydrogen-bond acceptors (Lipinski definition) is 3. The zero-order chi connectivity index (χ0) is 14.7. The van der Waals surface area contributed by atoms with Gasteiger partial charge in [-0.05, 0) is 18.2 Å². The summed E-state index contributed by atoms with van der Waals surface area (Å²) in [5.74, 6) is -1.95. The lowest BCUT2D eigenvalue weighted by Gasteiger charge is -2.35. The number of rotatable bonds is 3. The molecule has 2 rings (SSSR count). The second-order valence-corrected chi connectivity index (χ2v) is 4.86. The van der Waals surface area contributed by atoms with Gasteiger partial charge in [-0.25, -0.2) is 4.39 Å². The molecule has 0 aromatic heterocycles. The van der Waals surface area contributed by atoms with E-state index in [1.54, 1.807) is 0 Å². The van der Waals surface area contributed by atoms with E-state index in [9.17, 15) is 14.0 Å². The van der Waals surface area contributed by atoms with Crippen LogP contribution in [-0.2, 0) is 9.53 Å². The average molecular weight is 302 g/mol. The lowest BCUT2D eigenvalue weighted by atomic mass is 10.1. The minimum absolute atomic E-state index is 0.00978. The smallest absolute Gasteiger partial charge is 0.305 e. The van der Waals surface area contributed by atoms with Crippen LogP contribution in [0, 0.1) is 5.82 Å². The van der Waals surface area contributed by atoms with E-state index in [4.69, 9.17) is 21.4 Å². The highest BCUT2D eigenvalue weighted by Crippen LogP contribution is 2.22. The Kier molecular flexibility index (Phi) is 4.57. The number of carboxylic acids is 1. The van der Waals surface area contributed by atoms with Crippen molar-refractivity contribution in [2.45, 2.75) is 12.5 Å². The predicted molar refractivity (Wildman–Crippen MR) is 69.3 cm³/mol. The molecule has 1 aromatic carbocycles. The zero-order valence-corrected chi connectivity index (χ0v) is 11.3. The first-order valence-corrected chi connectivity index (χ1v) is 6.42. The largest absolute Gasteiger partial charge is 0.481 e. The Morgan fingerprint density at radius 3 is 2.90 bits per heavy atom. The maximum Gasteiger partial charge on any atom is 0.305 e. The first-order chi connectivity index (χ1) is 9.49. The van der Waals surface area contributed by atoms with Crippen LogP contribution in [0.4, 0.5) is 4.39 Å². The Bertz CT molecular complexity index is 537. The molecule has 1 aliphatic heterocycles. The van der Waals surface area contributed by atoms with Gasteiger partial charge in [-0.15, -0.1) is 0 Å². The van der Waals surface area contributed by atoms with E-state index >= 15 is 0 Å². The van der Waals surface area contributed by atoms with E-state index in [-0.39, 0.29) is 30.2 Å². The SMILES string of the molecule is O=C(O)CC1COCCN1C(=O)c1ccc(F)cc1Cl. The number of halogens is 2. The van der Waals surface area contributed by atoms with E-state index in [1.165, 1.54) is 11.0 Å². The van der Waals surface area contributed by atoms with E-state index in [1.807, 2.05) is 0 Å². The fourth-order valence-corrected chi connectivity index (χ4v) is 2.36. The maximum absolute atomic E-state index is 13.0. The van der Waals surface area contributed by atoms with Crippen LogP contribution >= 0.6 is 11.6 Å². The molecule has 0 saturated carbocycles. The van der Waals surface area contributed by atoms with Gasteiger partial charge < -0.3 is 14.7 Å². The van der Waals surface area contributed by atoms with Gasteiger partial charge in [0.25, 0.3) is 5.91 Å². The van der Waals surface area contributed by atoms with Gasteiger partial charge >= 0.3 is 5.97 Å². The van der Waals surface area contributed by atoms with E-state index in [2.05, 4.69) is 0 Å². The van der Waals surface area contributed by atoms with Gasteiger partial charge in [-0.3, -0.25) is 9.59 Å². The first-order valence-electron chi connectivity index (χ1n) is 6.04. The Morgan fingerprint density at radius 1 is 1.50 bits per heavy atom. The Hall–Kier alpha value is -1.66. The summed E-state index contributed by atoms with van der Waals surface area (Å²) >= 11 is 5.86. The number of amides is 1. The molecule has 1 amide bonds. The summed E-state index contributed by atoms with van der Waals surface area (Å²) in [5.41, 5.74) is 0.158.